The van der Waals surface area contributed by atoms with E-state index in [0.29, 0.717) is 6.61 Å². The molecule has 1 saturated carbocycles. The Morgan fingerprint density at radius 3 is 2.89 bits per heavy atom. The Morgan fingerprint density at radius 1 is 1.39 bits per heavy atom. The van der Waals surface area contributed by atoms with Crippen LogP contribution in [0.3, 0.4) is 0 Å². The second-order valence-corrected chi connectivity index (χ2v) is 5.30. The van der Waals surface area contributed by atoms with Gasteiger partial charge >= 0.3 is 0 Å². The maximum absolute atomic E-state index is 9.88. The molecule has 0 heterocycles. The Labute approximate surface area is 109 Å². The number of rotatable bonds is 6. The van der Waals surface area contributed by atoms with Gasteiger partial charge in [0, 0.05) is 0 Å². The molecular formula is C15H24NO2+. The van der Waals surface area contributed by atoms with Crippen LogP contribution < -0.4 is 10.1 Å². The van der Waals surface area contributed by atoms with E-state index in [0.717, 1.165) is 18.3 Å². The van der Waals surface area contributed by atoms with Gasteiger partial charge in [0.25, 0.3) is 0 Å². The minimum absolute atomic E-state index is 0.382. The molecule has 1 atom stereocenters. The van der Waals surface area contributed by atoms with Gasteiger partial charge in [-0.3, -0.25) is 0 Å². The van der Waals surface area contributed by atoms with Crippen molar-refractivity contribution in [1.82, 2.24) is 0 Å². The van der Waals surface area contributed by atoms with Gasteiger partial charge in [0.15, 0.2) is 0 Å². The first kappa shape index (κ1) is 13.4. The summed E-state index contributed by atoms with van der Waals surface area (Å²) in [6.45, 7) is 3.17. The molecule has 1 aliphatic carbocycles. The third-order valence-corrected chi connectivity index (χ3v) is 3.57. The number of nitrogens with two attached hydrogens (primary N) is 1. The molecule has 0 spiro atoms. The molecule has 0 bridgehead atoms. The van der Waals surface area contributed by atoms with Crippen molar-refractivity contribution in [2.75, 3.05) is 13.2 Å². The first-order valence-corrected chi connectivity index (χ1v) is 6.95. The third-order valence-electron chi connectivity index (χ3n) is 3.57. The van der Waals surface area contributed by atoms with Crippen molar-refractivity contribution in [2.24, 2.45) is 0 Å². The summed E-state index contributed by atoms with van der Waals surface area (Å²) in [7, 11) is 0. The summed E-state index contributed by atoms with van der Waals surface area (Å²) >= 11 is 0. The van der Waals surface area contributed by atoms with Crippen LogP contribution in [0.5, 0.6) is 5.75 Å². The molecule has 3 N–H and O–H groups in total. The zero-order chi connectivity index (χ0) is 12.8. The van der Waals surface area contributed by atoms with Crippen LogP contribution >= 0.6 is 0 Å². The molecule has 0 amide bonds. The van der Waals surface area contributed by atoms with Crippen molar-refractivity contribution < 1.29 is 15.2 Å². The molecule has 3 heteroatoms. The number of ether oxygens (including phenoxy) is 1. The molecule has 0 unspecified atom stereocenters. The lowest BCUT2D eigenvalue weighted by Crippen LogP contribution is -2.91. The van der Waals surface area contributed by atoms with Gasteiger partial charge in [0.1, 0.15) is 25.0 Å². The number of hydrogen-bond donors (Lipinski definition) is 2. The summed E-state index contributed by atoms with van der Waals surface area (Å²) in [6, 6.07) is 8.66. The van der Waals surface area contributed by atoms with Gasteiger partial charge in [0.2, 0.25) is 0 Å². The molecular weight excluding hydrogens is 226 g/mol. The van der Waals surface area contributed by atoms with Crippen LogP contribution in [-0.4, -0.2) is 30.4 Å². The summed E-state index contributed by atoms with van der Waals surface area (Å²) in [5.74, 6) is 0.843. The van der Waals surface area contributed by atoms with E-state index in [1.54, 1.807) is 0 Å². The average Bonchev–Trinajstić information content (AvgIpc) is 2.87. The Hall–Kier alpha value is -1.06. The van der Waals surface area contributed by atoms with Crippen LogP contribution in [0, 0.1) is 6.92 Å². The van der Waals surface area contributed by atoms with Gasteiger partial charge in [-0.05, 0) is 50.3 Å². The van der Waals surface area contributed by atoms with Crippen molar-refractivity contribution in [3.8, 4) is 5.75 Å². The second kappa shape index (κ2) is 6.76. The number of hydrogen-bond acceptors (Lipinski definition) is 2. The van der Waals surface area contributed by atoms with Gasteiger partial charge in [0.05, 0.1) is 6.04 Å². The Morgan fingerprint density at radius 2 is 2.17 bits per heavy atom. The largest absolute Gasteiger partial charge is 0.491 e. The summed E-state index contributed by atoms with van der Waals surface area (Å²) < 4.78 is 5.59. The Kier molecular flexibility index (Phi) is 5.02. The minimum atomic E-state index is -0.383. The Bertz CT molecular complexity index is 361. The van der Waals surface area contributed by atoms with Gasteiger partial charge < -0.3 is 15.2 Å². The fourth-order valence-electron chi connectivity index (χ4n) is 2.51. The van der Waals surface area contributed by atoms with Crippen LogP contribution in [0.25, 0.3) is 0 Å². The van der Waals surface area contributed by atoms with E-state index in [-0.39, 0.29) is 6.10 Å². The highest BCUT2D eigenvalue weighted by atomic mass is 16.5. The lowest BCUT2D eigenvalue weighted by atomic mass is 10.2. The predicted molar refractivity (Wildman–Crippen MR) is 71.7 cm³/mol. The van der Waals surface area contributed by atoms with Crippen LogP contribution in [-0.2, 0) is 0 Å². The summed E-state index contributed by atoms with van der Waals surface area (Å²) in [4.78, 5) is 0. The van der Waals surface area contributed by atoms with E-state index < -0.39 is 0 Å². The van der Waals surface area contributed by atoms with Crippen molar-refractivity contribution in [3.63, 3.8) is 0 Å². The van der Waals surface area contributed by atoms with E-state index in [2.05, 4.69) is 5.32 Å². The van der Waals surface area contributed by atoms with Crippen LogP contribution in [0.1, 0.15) is 31.2 Å². The highest BCUT2D eigenvalue weighted by Gasteiger charge is 2.19. The van der Waals surface area contributed by atoms with Gasteiger partial charge in [-0.1, -0.05) is 12.1 Å². The number of aryl methyl sites for hydroxylation is 1. The topological polar surface area (TPSA) is 46.1 Å². The van der Waals surface area contributed by atoms with E-state index in [4.69, 9.17) is 4.74 Å². The minimum Gasteiger partial charge on any atom is -0.491 e. The molecule has 1 aliphatic rings. The van der Waals surface area contributed by atoms with Crippen molar-refractivity contribution in [1.29, 1.82) is 0 Å². The average molecular weight is 250 g/mol. The molecule has 100 valence electrons. The lowest BCUT2D eigenvalue weighted by Gasteiger charge is -2.14. The van der Waals surface area contributed by atoms with E-state index in [1.165, 1.54) is 31.2 Å². The molecule has 18 heavy (non-hydrogen) atoms. The quantitative estimate of drug-likeness (QED) is 0.798. The van der Waals surface area contributed by atoms with Gasteiger partial charge in [-0.2, -0.15) is 0 Å². The zero-order valence-corrected chi connectivity index (χ0v) is 11.1. The first-order chi connectivity index (χ1) is 8.74. The number of aliphatic hydroxyl groups is 1. The van der Waals surface area contributed by atoms with Gasteiger partial charge in [-0.15, -0.1) is 0 Å². The molecule has 0 aromatic heterocycles. The van der Waals surface area contributed by atoms with Crippen molar-refractivity contribution in [2.45, 2.75) is 44.8 Å². The molecule has 1 aromatic rings. The van der Waals surface area contributed by atoms with E-state index in [1.807, 2.05) is 31.2 Å². The maximum atomic E-state index is 9.88. The highest BCUT2D eigenvalue weighted by Crippen LogP contribution is 2.14. The zero-order valence-electron chi connectivity index (χ0n) is 11.1. The Balaban J connectivity index is 1.66. The molecule has 0 radical (unpaired) electrons. The second-order valence-electron chi connectivity index (χ2n) is 5.30. The fourth-order valence-corrected chi connectivity index (χ4v) is 2.51. The highest BCUT2D eigenvalue weighted by molar-refractivity contribution is 5.27. The molecule has 2 rings (SSSR count). The van der Waals surface area contributed by atoms with Crippen molar-refractivity contribution >= 4 is 0 Å². The van der Waals surface area contributed by atoms with E-state index >= 15 is 0 Å². The van der Waals surface area contributed by atoms with Crippen molar-refractivity contribution in [3.05, 3.63) is 29.8 Å². The van der Waals surface area contributed by atoms with Crippen LogP contribution in [0.2, 0.25) is 0 Å². The maximum Gasteiger partial charge on any atom is 0.137 e. The molecule has 0 aliphatic heterocycles. The SMILES string of the molecule is Cc1cccc(OC[C@@H](O)C[NH2+]C2CCCC2)c1. The lowest BCUT2D eigenvalue weighted by molar-refractivity contribution is -0.693. The molecule has 0 saturated heterocycles. The molecule has 1 aromatic carbocycles. The molecule has 3 nitrogen and oxygen atoms in total. The monoisotopic (exact) mass is 250 g/mol. The standard InChI is InChI=1S/C15H23NO2/c1-12-5-4-8-15(9-12)18-11-14(17)10-16-13-6-2-3-7-13/h4-5,8-9,13-14,16-17H,2-3,6-7,10-11H2,1H3/p+1/t14-/m0/s1. The van der Waals surface area contributed by atoms with Crippen LogP contribution in [0.15, 0.2) is 24.3 Å². The van der Waals surface area contributed by atoms with Crippen LogP contribution in [0.4, 0.5) is 0 Å². The smallest absolute Gasteiger partial charge is 0.137 e. The number of quaternary nitrogens is 1. The van der Waals surface area contributed by atoms with Gasteiger partial charge in [-0.25, -0.2) is 0 Å². The van der Waals surface area contributed by atoms with E-state index in [9.17, 15) is 5.11 Å². The summed E-state index contributed by atoms with van der Waals surface area (Å²) in [5, 5.41) is 12.2. The molecule has 1 fully saturated rings. The normalized spacial score (nSPS) is 17.9. The predicted octanol–water partition coefficient (Wildman–Crippen LogP) is 1.24. The number of benzene rings is 1. The summed E-state index contributed by atoms with van der Waals surface area (Å²) in [5.41, 5.74) is 1.18. The first-order valence-electron chi connectivity index (χ1n) is 6.95. The third kappa shape index (κ3) is 4.31. The number of aliphatic hydroxyl groups excluding tert-OH is 1. The summed E-state index contributed by atoms with van der Waals surface area (Å²) in [6.07, 6.45) is 4.90. The fraction of sp³-hybridized carbons (Fsp3) is 0.600.